The smallest absolute Gasteiger partial charge is 0.246 e. The summed E-state index contributed by atoms with van der Waals surface area (Å²) >= 11 is 0. The van der Waals surface area contributed by atoms with E-state index in [-0.39, 0.29) is 17.6 Å². The van der Waals surface area contributed by atoms with Crippen LogP contribution in [-0.4, -0.2) is 64.0 Å². The molecule has 0 atom stereocenters. The Morgan fingerprint density at radius 1 is 1.00 bits per heavy atom. The monoisotopic (exact) mass is 450 g/mol. The van der Waals surface area contributed by atoms with Crippen LogP contribution in [-0.2, 0) is 4.79 Å². The first-order valence-corrected chi connectivity index (χ1v) is 11.6. The van der Waals surface area contributed by atoms with Crippen molar-refractivity contribution in [3.05, 3.63) is 78.8 Å². The van der Waals surface area contributed by atoms with E-state index in [1.54, 1.807) is 11.0 Å². The van der Waals surface area contributed by atoms with E-state index < -0.39 is 0 Å². The molecule has 2 aliphatic rings. The van der Waals surface area contributed by atoms with Crippen molar-refractivity contribution in [1.29, 1.82) is 0 Å². The average molecular weight is 451 g/mol. The highest BCUT2D eigenvalue weighted by Gasteiger charge is 2.35. The number of phenols is 1. The van der Waals surface area contributed by atoms with E-state index >= 15 is 0 Å². The number of aromatic nitrogens is 2. The summed E-state index contributed by atoms with van der Waals surface area (Å²) in [4.78, 5) is 25.9. The lowest BCUT2D eigenvalue weighted by molar-refractivity contribution is -0.130. The number of amides is 1. The summed E-state index contributed by atoms with van der Waals surface area (Å²) in [6, 6.07) is 18.0. The molecule has 3 heterocycles. The number of likely N-dealkylation sites (N-methyl/N-ethyl adjacent to an activating group) is 1. The van der Waals surface area contributed by atoms with Crippen molar-refractivity contribution in [1.82, 2.24) is 19.8 Å². The molecule has 1 amide bonds. The van der Waals surface area contributed by atoms with Crippen molar-refractivity contribution >= 4 is 27.6 Å². The summed E-state index contributed by atoms with van der Waals surface area (Å²) in [7, 11) is 2.12. The van der Waals surface area contributed by atoms with E-state index in [4.69, 9.17) is 9.97 Å². The molecule has 2 saturated heterocycles. The van der Waals surface area contributed by atoms with Gasteiger partial charge < -0.3 is 14.9 Å². The van der Waals surface area contributed by atoms with Gasteiger partial charge in [-0.3, -0.25) is 4.79 Å². The minimum atomic E-state index is -0.0409. The second-order valence-electron chi connectivity index (χ2n) is 9.48. The van der Waals surface area contributed by atoms with Gasteiger partial charge in [0.25, 0.3) is 0 Å². The maximum Gasteiger partial charge on any atom is 0.246 e. The van der Waals surface area contributed by atoms with Gasteiger partial charge in [-0.2, -0.15) is 0 Å². The van der Waals surface area contributed by atoms with Crippen LogP contribution in [0.1, 0.15) is 23.4 Å². The molecule has 0 unspecified atom stereocenters. The van der Waals surface area contributed by atoms with Crippen molar-refractivity contribution in [3.8, 4) is 16.9 Å². The lowest BCUT2D eigenvalue weighted by atomic mass is 9.90. The Morgan fingerprint density at radius 2 is 1.79 bits per heavy atom. The molecule has 170 valence electrons. The standard InChI is InChI=1S/C28H26N4O2/c1-3-26(34)32-15-20(16-32)28-29-25-9-8-18(11-24(25)27(30-28)19-13-31(2)14-19)23-12-21(33)10-17-6-4-5-7-22(17)23/h3-12,19-20,33H,1,13-16H2,2H3. The maximum absolute atomic E-state index is 11.9. The molecule has 1 N–H and O–H groups in total. The zero-order valence-electron chi connectivity index (χ0n) is 19.1. The van der Waals surface area contributed by atoms with Crippen LogP contribution in [0.3, 0.4) is 0 Å². The average Bonchev–Trinajstić information content (AvgIpc) is 2.79. The largest absolute Gasteiger partial charge is 0.508 e. The summed E-state index contributed by atoms with van der Waals surface area (Å²) in [6.07, 6.45) is 1.36. The van der Waals surface area contributed by atoms with Crippen LogP contribution in [0.25, 0.3) is 32.8 Å². The fourth-order valence-corrected chi connectivity index (χ4v) is 5.19. The molecule has 0 saturated carbocycles. The first kappa shape index (κ1) is 20.8. The zero-order valence-corrected chi connectivity index (χ0v) is 19.1. The van der Waals surface area contributed by atoms with E-state index in [1.165, 1.54) is 6.08 Å². The molecular weight excluding hydrogens is 424 g/mol. The third-order valence-corrected chi connectivity index (χ3v) is 7.08. The number of aromatic hydroxyl groups is 1. The fourth-order valence-electron chi connectivity index (χ4n) is 5.19. The molecule has 6 nitrogen and oxygen atoms in total. The number of fused-ring (bicyclic) bond motifs is 2. The Kier molecular flexibility index (Phi) is 4.85. The third kappa shape index (κ3) is 3.42. The highest BCUT2D eigenvalue weighted by Crippen LogP contribution is 2.37. The molecule has 2 fully saturated rings. The number of phenolic OH excluding ortho intramolecular Hbond substituents is 1. The van der Waals surface area contributed by atoms with Gasteiger partial charge in [0.15, 0.2) is 0 Å². The van der Waals surface area contributed by atoms with E-state index in [0.29, 0.717) is 19.0 Å². The molecular formula is C28H26N4O2. The Bertz CT molecular complexity index is 1450. The minimum Gasteiger partial charge on any atom is -0.508 e. The van der Waals surface area contributed by atoms with Crippen molar-refractivity contribution in [3.63, 3.8) is 0 Å². The lowest BCUT2D eigenvalue weighted by Gasteiger charge is -2.39. The number of likely N-dealkylation sites (tertiary alicyclic amines) is 2. The normalized spacial score (nSPS) is 17.0. The first-order chi connectivity index (χ1) is 16.5. The molecule has 0 spiro atoms. The van der Waals surface area contributed by atoms with E-state index in [2.05, 4.69) is 42.8 Å². The molecule has 1 aromatic heterocycles. The summed E-state index contributed by atoms with van der Waals surface area (Å²) in [5.74, 6) is 1.54. The van der Waals surface area contributed by atoms with Gasteiger partial charge in [0, 0.05) is 37.5 Å². The summed E-state index contributed by atoms with van der Waals surface area (Å²) in [5.41, 5.74) is 4.04. The number of hydrogen-bond acceptors (Lipinski definition) is 5. The number of carbonyl (C=O) groups excluding carboxylic acids is 1. The Hall–Kier alpha value is -3.77. The fraction of sp³-hybridized carbons (Fsp3) is 0.250. The highest BCUT2D eigenvalue weighted by atomic mass is 16.3. The van der Waals surface area contributed by atoms with Gasteiger partial charge in [0.05, 0.1) is 17.1 Å². The molecule has 2 aliphatic heterocycles. The van der Waals surface area contributed by atoms with Crippen molar-refractivity contribution in [2.24, 2.45) is 0 Å². The molecule has 6 heteroatoms. The third-order valence-electron chi connectivity index (χ3n) is 7.08. The van der Waals surface area contributed by atoms with Gasteiger partial charge in [0.1, 0.15) is 11.6 Å². The maximum atomic E-state index is 11.9. The van der Waals surface area contributed by atoms with Crippen LogP contribution in [0.2, 0.25) is 0 Å². The van der Waals surface area contributed by atoms with Gasteiger partial charge in [-0.15, -0.1) is 0 Å². The predicted molar refractivity (Wildman–Crippen MR) is 134 cm³/mol. The number of nitrogens with zero attached hydrogens (tertiary/aromatic N) is 4. The number of hydrogen-bond donors (Lipinski definition) is 1. The summed E-state index contributed by atoms with van der Waals surface area (Å²) in [6.45, 7) is 6.78. The highest BCUT2D eigenvalue weighted by molar-refractivity contribution is 6.00. The molecule has 4 aromatic rings. The Balaban J connectivity index is 1.45. The number of carbonyl (C=O) groups is 1. The van der Waals surface area contributed by atoms with Gasteiger partial charge in [-0.1, -0.05) is 36.9 Å². The number of benzene rings is 3. The topological polar surface area (TPSA) is 69.6 Å². The van der Waals surface area contributed by atoms with Crippen LogP contribution in [0.5, 0.6) is 5.75 Å². The van der Waals surface area contributed by atoms with Crippen molar-refractivity contribution < 1.29 is 9.90 Å². The second-order valence-corrected chi connectivity index (χ2v) is 9.48. The summed E-state index contributed by atoms with van der Waals surface area (Å²) in [5, 5.41) is 13.5. The predicted octanol–water partition coefficient (Wildman–Crippen LogP) is 4.30. The Morgan fingerprint density at radius 3 is 2.56 bits per heavy atom. The van der Waals surface area contributed by atoms with Crippen LogP contribution in [0.4, 0.5) is 0 Å². The lowest BCUT2D eigenvalue weighted by Crippen LogP contribution is -2.48. The SMILES string of the molecule is C=CC(=O)N1CC(c2nc(C3CN(C)C3)c3cc(-c4cc(O)cc5ccccc45)ccc3n2)C1. The van der Waals surface area contributed by atoms with E-state index in [1.807, 2.05) is 24.3 Å². The Labute approximate surface area is 198 Å². The van der Waals surface area contributed by atoms with Crippen molar-refractivity contribution in [2.75, 3.05) is 33.2 Å². The summed E-state index contributed by atoms with van der Waals surface area (Å²) < 4.78 is 0. The molecule has 3 aromatic carbocycles. The molecule has 0 aliphatic carbocycles. The van der Waals surface area contributed by atoms with Gasteiger partial charge in [-0.25, -0.2) is 9.97 Å². The van der Waals surface area contributed by atoms with Crippen LogP contribution in [0.15, 0.2) is 67.3 Å². The molecule has 0 bridgehead atoms. The molecule has 34 heavy (non-hydrogen) atoms. The van der Waals surface area contributed by atoms with Gasteiger partial charge in [0.2, 0.25) is 5.91 Å². The minimum absolute atomic E-state index is 0.0409. The first-order valence-electron chi connectivity index (χ1n) is 11.6. The zero-order chi connectivity index (χ0) is 23.4. The van der Waals surface area contributed by atoms with Crippen LogP contribution in [0, 0.1) is 0 Å². The van der Waals surface area contributed by atoms with E-state index in [0.717, 1.165) is 57.4 Å². The molecule has 0 radical (unpaired) electrons. The van der Waals surface area contributed by atoms with Crippen LogP contribution < -0.4 is 0 Å². The number of rotatable bonds is 4. The quantitative estimate of drug-likeness (QED) is 0.470. The van der Waals surface area contributed by atoms with Crippen molar-refractivity contribution in [2.45, 2.75) is 11.8 Å². The molecule has 6 rings (SSSR count). The second kappa shape index (κ2) is 7.92. The van der Waals surface area contributed by atoms with E-state index in [9.17, 15) is 9.90 Å². The van der Waals surface area contributed by atoms with Gasteiger partial charge in [-0.05, 0) is 59.3 Å². The van der Waals surface area contributed by atoms with Crippen LogP contribution >= 0.6 is 0 Å². The van der Waals surface area contributed by atoms with Gasteiger partial charge >= 0.3 is 0 Å².